The van der Waals surface area contributed by atoms with Gasteiger partial charge in [-0.2, -0.15) is 5.10 Å². The lowest BCUT2D eigenvalue weighted by Crippen LogP contribution is -2.20. The van der Waals surface area contributed by atoms with Gasteiger partial charge in [-0.1, -0.05) is 53.5 Å². The molecular formula is C32H25Cl2N5O4S. The number of anilines is 3. The van der Waals surface area contributed by atoms with E-state index in [0.29, 0.717) is 27.6 Å². The average molecular weight is 647 g/mol. The number of hydrogen-bond acceptors (Lipinski definition) is 8. The Hall–Kier alpha value is -4.90. The van der Waals surface area contributed by atoms with Gasteiger partial charge in [0, 0.05) is 32.9 Å². The maximum atomic E-state index is 12.7. The summed E-state index contributed by atoms with van der Waals surface area (Å²) < 4.78 is 11.0. The zero-order valence-electron chi connectivity index (χ0n) is 23.2. The number of ether oxygens (including phenoxy) is 2. The zero-order valence-corrected chi connectivity index (χ0v) is 25.5. The molecule has 0 bridgehead atoms. The van der Waals surface area contributed by atoms with Crippen LogP contribution in [0.15, 0.2) is 101 Å². The number of methoxy groups -OCH3 is 1. The van der Waals surface area contributed by atoms with Crippen molar-refractivity contribution in [3.63, 3.8) is 0 Å². The highest BCUT2D eigenvalue weighted by molar-refractivity contribution is 7.14. The van der Waals surface area contributed by atoms with Gasteiger partial charge in [0.15, 0.2) is 23.2 Å². The van der Waals surface area contributed by atoms with Crippen molar-refractivity contribution in [2.75, 3.05) is 24.4 Å². The van der Waals surface area contributed by atoms with Crippen LogP contribution in [0.2, 0.25) is 10.0 Å². The number of carbonyl (C=O) groups is 2. The Balaban J connectivity index is 1.15. The standard InChI is InChI=1S/C32H25Cl2N5O4S/c1-42-28-16-20(15-26(34)30(28)43-18-29(40)36-25-13-11-23(33)12-14-25)17-35-39-31(41)22-9-7-21(8-10-22)27-19-44-32(38-27)37-24-5-3-2-4-6-24/h2-17,19H,18H2,1H3,(H,36,40)(H,37,38)(H,39,41)/b35-17+. The lowest BCUT2D eigenvalue weighted by molar-refractivity contribution is -0.118. The summed E-state index contributed by atoms with van der Waals surface area (Å²) in [6, 6.07) is 26.8. The fourth-order valence-electron chi connectivity index (χ4n) is 3.95. The van der Waals surface area contributed by atoms with Crippen LogP contribution in [0.3, 0.4) is 0 Å². The molecule has 1 aromatic heterocycles. The molecular weight excluding hydrogens is 621 g/mol. The smallest absolute Gasteiger partial charge is 0.271 e. The molecule has 12 heteroatoms. The first-order valence-corrected chi connectivity index (χ1v) is 14.8. The highest BCUT2D eigenvalue weighted by atomic mass is 35.5. The number of halogens is 2. The molecule has 0 aliphatic heterocycles. The Bertz CT molecular complexity index is 1780. The van der Waals surface area contributed by atoms with Crippen molar-refractivity contribution in [2.45, 2.75) is 0 Å². The number of hydrogen-bond donors (Lipinski definition) is 3. The molecule has 0 fully saturated rings. The molecule has 0 aliphatic carbocycles. The van der Waals surface area contributed by atoms with E-state index < -0.39 is 0 Å². The SMILES string of the molecule is COc1cc(/C=N/NC(=O)c2ccc(-c3csc(Nc4ccccc4)n3)cc2)cc(Cl)c1OCC(=O)Nc1ccc(Cl)cc1. The van der Waals surface area contributed by atoms with E-state index in [4.69, 9.17) is 32.7 Å². The molecule has 1 heterocycles. The predicted molar refractivity (Wildman–Crippen MR) is 176 cm³/mol. The molecule has 222 valence electrons. The third-order valence-electron chi connectivity index (χ3n) is 6.08. The molecule has 0 spiro atoms. The second-order valence-electron chi connectivity index (χ2n) is 9.18. The van der Waals surface area contributed by atoms with Crippen LogP contribution < -0.4 is 25.5 Å². The number of nitrogens with zero attached hydrogens (tertiary/aromatic N) is 2. The molecule has 0 radical (unpaired) electrons. The number of hydrazone groups is 1. The van der Waals surface area contributed by atoms with Gasteiger partial charge in [0.25, 0.3) is 11.8 Å². The van der Waals surface area contributed by atoms with Gasteiger partial charge in [0.2, 0.25) is 0 Å². The Morgan fingerprint density at radius 2 is 1.70 bits per heavy atom. The van der Waals surface area contributed by atoms with Gasteiger partial charge in [-0.15, -0.1) is 11.3 Å². The van der Waals surface area contributed by atoms with Gasteiger partial charge in [-0.05, 0) is 66.2 Å². The largest absolute Gasteiger partial charge is 0.493 e. The zero-order chi connectivity index (χ0) is 30.9. The Labute approximate surface area is 267 Å². The minimum atomic E-state index is -0.387. The second kappa shape index (κ2) is 14.5. The number of nitrogens with one attached hydrogen (secondary N) is 3. The summed E-state index contributed by atoms with van der Waals surface area (Å²) in [7, 11) is 1.45. The second-order valence-corrected chi connectivity index (χ2v) is 10.9. The van der Waals surface area contributed by atoms with Crippen molar-refractivity contribution in [1.29, 1.82) is 0 Å². The average Bonchev–Trinajstić information content (AvgIpc) is 3.50. The van der Waals surface area contributed by atoms with E-state index in [9.17, 15) is 9.59 Å². The first-order chi connectivity index (χ1) is 21.4. The van der Waals surface area contributed by atoms with Crippen molar-refractivity contribution in [3.05, 3.63) is 118 Å². The van der Waals surface area contributed by atoms with E-state index in [1.54, 1.807) is 48.5 Å². The van der Waals surface area contributed by atoms with Crippen LogP contribution in [0.5, 0.6) is 11.5 Å². The molecule has 3 N–H and O–H groups in total. The van der Waals surface area contributed by atoms with Crippen LogP contribution in [-0.2, 0) is 4.79 Å². The molecule has 4 aromatic carbocycles. The van der Waals surface area contributed by atoms with Crippen molar-refractivity contribution >= 4 is 69.1 Å². The molecule has 0 aliphatic rings. The van der Waals surface area contributed by atoms with Gasteiger partial charge >= 0.3 is 0 Å². The van der Waals surface area contributed by atoms with Crippen LogP contribution in [0.1, 0.15) is 15.9 Å². The van der Waals surface area contributed by atoms with Gasteiger partial charge in [0.05, 0.1) is 24.0 Å². The summed E-state index contributed by atoms with van der Waals surface area (Å²) in [5.41, 5.74) is 6.71. The van der Waals surface area contributed by atoms with E-state index in [1.807, 2.05) is 47.8 Å². The Morgan fingerprint density at radius 3 is 2.43 bits per heavy atom. The monoisotopic (exact) mass is 645 g/mol. The predicted octanol–water partition coefficient (Wildman–Crippen LogP) is 7.65. The normalized spacial score (nSPS) is 10.8. The molecule has 0 unspecified atom stereocenters. The summed E-state index contributed by atoms with van der Waals surface area (Å²) in [5, 5.41) is 13.5. The minimum absolute atomic E-state index is 0.199. The number of benzene rings is 4. The van der Waals surface area contributed by atoms with Crippen molar-refractivity contribution in [3.8, 4) is 22.8 Å². The Kier molecular flexibility index (Phi) is 10.1. The molecule has 2 amide bonds. The van der Waals surface area contributed by atoms with E-state index in [1.165, 1.54) is 24.7 Å². The van der Waals surface area contributed by atoms with Gasteiger partial charge in [-0.3, -0.25) is 9.59 Å². The fourth-order valence-corrected chi connectivity index (χ4v) is 5.09. The van der Waals surface area contributed by atoms with Crippen LogP contribution in [0, 0.1) is 0 Å². The maximum Gasteiger partial charge on any atom is 0.271 e. The first-order valence-electron chi connectivity index (χ1n) is 13.1. The van der Waals surface area contributed by atoms with Crippen molar-refractivity contribution in [2.24, 2.45) is 5.10 Å². The third-order valence-corrected chi connectivity index (χ3v) is 7.37. The quantitative estimate of drug-likeness (QED) is 0.100. The summed E-state index contributed by atoms with van der Waals surface area (Å²) in [6.45, 7) is -0.296. The molecule has 0 saturated heterocycles. The van der Waals surface area contributed by atoms with Crippen LogP contribution >= 0.6 is 34.5 Å². The fraction of sp³-hybridized carbons (Fsp3) is 0.0625. The van der Waals surface area contributed by atoms with E-state index in [2.05, 4.69) is 26.1 Å². The molecule has 9 nitrogen and oxygen atoms in total. The van der Waals surface area contributed by atoms with Crippen molar-refractivity contribution in [1.82, 2.24) is 10.4 Å². The summed E-state index contributed by atoms with van der Waals surface area (Å²) >= 11 is 13.8. The topological polar surface area (TPSA) is 114 Å². The van der Waals surface area contributed by atoms with Gasteiger partial charge < -0.3 is 20.1 Å². The molecule has 0 saturated carbocycles. The summed E-state index contributed by atoms with van der Waals surface area (Å²) in [5.74, 6) is -0.278. The molecule has 5 aromatic rings. The number of amides is 2. The van der Waals surface area contributed by atoms with Gasteiger partial charge in [-0.25, -0.2) is 10.4 Å². The lowest BCUT2D eigenvalue weighted by Gasteiger charge is -2.13. The number of rotatable bonds is 11. The summed E-state index contributed by atoms with van der Waals surface area (Å²) in [4.78, 5) is 29.6. The highest BCUT2D eigenvalue weighted by Crippen LogP contribution is 2.36. The van der Waals surface area contributed by atoms with Crippen LogP contribution in [0.4, 0.5) is 16.5 Å². The van der Waals surface area contributed by atoms with Crippen LogP contribution in [0.25, 0.3) is 11.3 Å². The van der Waals surface area contributed by atoms with Crippen LogP contribution in [-0.4, -0.2) is 36.7 Å². The maximum absolute atomic E-state index is 12.7. The Morgan fingerprint density at radius 1 is 0.955 bits per heavy atom. The number of carbonyl (C=O) groups excluding carboxylic acids is 2. The lowest BCUT2D eigenvalue weighted by atomic mass is 10.1. The van der Waals surface area contributed by atoms with Gasteiger partial charge in [0.1, 0.15) is 0 Å². The number of aromatic nitrogens is 1. The summed E-state index contributed by atoms with van der Waals surface area (Å²) in [6.07, 6.45) is 1.42. The minimum Gasteiger partial charge on any atom is -0.493 e. The molecule has 5 rings (SSSR count). The van der Waals surface area contributed by atoms with Crippen molar-refractivity contribution < 1.29 is 19.1 Å². The molecule has 0 atom stereocenters. The number of thiazole rings is 1. The first kappa shape index (κ1) is 30.6. The number of para-hydroxylation sites is 1. The third kappa shape index (κ3) is 8.13. The van der Waals surface area contributed by atoms with E-state index >= 15 is 0 Å². The molecule has 44 heavy (non-hydrogen) atoms. The van der Waals surface area contributed by atoms with E-state index in [-0.39, 0.29) is 29.2 Å². The van der Waals surface area contributed by atoms with E-state index in [0.717, 1.165) is 22.1 Å². The highest BCUT2D eigenvalue weighted by Gasteiger charge is 2.14.